The molecular weight excluding hydrogens is 863 g/mol. The van der Waals surface area contributed by atoms with E-state index >= 15 is 0 Å². The van der Waals surface area contributed by atoms with Crippen molar-refractivity contribution in [2.45, 2.75) is 91.3 Å². The zero-order chi connectivity index (χ0) is 39.2. The fourth-order valence-electron chi connectivity index (χ4n) is 5.87. The SMILES string of the molecule is CCC(C)(CC)C(=O)/C=C(\O)C(C)(CC)CC.[2H]C([2H])([2H])c1c[c-]c(-c2cc(-c3ccccc3)c3c[c]([Ge]([CH3])([CH3])[CH3])ccc3n2)cc1-c1ccccc1.[Ir]. The van der Waals surface area contributed by atoms with E-state index in [1.54, 1.807) is 6.07 Å². The summed E-state index contributed by atoms with van der Waals surface area (Å²) in [5.41, 5.74) is 5.98. The number of fused-ring (bicyclic) bond motifs is 1. The van der Waals surface area contributed by atoms with Crippen LogP contribution in [0.2, 0.25) is 17.3 Å². The van der Waals surface area contributed by atoms with Gasteiger partial charge >= 0.3 is 198 Å². The van der Waals surface area contributed by atoms with Crippen LogP contribution in [0.5, 0.6) is 0 Å². The van der Waals surface area contributed by atoms with E-state index in [9.17, 15) is 9.90 Å². The van der Waals surface area contributed by atoms with Crippen molar-refractivity contribution < 1.29 is 34.1 Å². The van der Waals surface area contributed by atoms with E-state index in [0.717, 1.165) is 64.5 Å². The molecule has 1 N–H and O–H groups in total. The quantitative estimate of drug-likeness (QED) is 0.0621. The minimum Gasteiger partial charge on any atom is 0 e. The minimum atomic E-state index is -2.24. The van der Waals surface area contributed by atoms with E-state index in [-0.39, 0.29) is 42.5 Å². The van der Waals surface area contributed by atoms with Crippen molar-refractivity contribution in [3.8, 4) is 33.5 Å². The van der Waals surface area contributed by atoms with Gasteiger partial charge < -0.3 is 5.11 Å². The number of pyridine rings is 1. The van der Waals surface area contributed by atoms with Gasteiger partial charge in [0, 0.05) is 37.0 Å². The Kier molecular flexibility index (Phi) is 13.2. The van der Waals surface area contributed by atoms with Crippen LogP contribution in [0.15, 0.2) is 109 Å². The Balaban J connectivity index is 0.000000372. The van der Waals surface area contributed by atoms with Gasteiger partial charge in [0.15, 0.2) is 5.78 Å². The van der Waals surface area contributed by atoms with Gasteiger partial charge in [-0.2, -0.15) is 0 Å². The van der Waals surface area contributed by atoms with Gasteiger partial charge in [0.2, 0.25) is 0 Å². The van der Waals surface area contributed by atoms with Crippen LogP contribution in [0.4, 0.5) is 0 Å². The van der Waals surface area contributed by atoms with Crippen LogP contribution in [0.3, 0.4) is 0 Å². The molecule has 0 aliphatic carbocycles. The maximum absolute atomic E-state index is 12.2. The van der Waals surface area contributed by atoms with Gasteiger partial charge in [-0.05, 0) is 25.7 Å². The second-order valence-corrected chi connectivity index (χ2v) is 25.5. The van der Waals surface area contributed by atoms with Crippen LogP contribution in [-0.4, -0.2) is 29.1 Å². The number of aromatic nitrogens is 1. The molecule has 5 heteroatoms. The molecule has 0 aliphatic rings. The average molecular weight is 923 g/mol. The van der Waals surface area contributed by atoms with Crippen LogP contribution < -0.4 is 4.40 Å². The van der Waals surface area contributed by atoms with E-state index in [1.807, 2.05) is 84.0 Å². The first-order chi connectivity index (χ1) is 24.9. The Labute approximate surface area is 328 Å². The van der Waals surface area contributed by atoms with Crippen molar-refractivity contribution in [2.24, 2.45) is 10.8 Å². The molecule has 0 aliphatic heterocycles. The number of nitrogens with zero attached hydrogens (tertiary/aromatic N) is 1. The minimum absolute atomic E-state index is 0. The molecule has 0 bridgehead atoms. The first kappa shape index (κ1) is 37.4. The summed E-state index contributed by atoms with van der Waals surface area (Å²) in [5.74, 6) is 7.49. The number of carbonyl (C=O) groups excluding carboxylic acids is 1. The first-order valence-electron chi connectivity index (χ1n) is 19.5. The molecule has 0 saturated heterocycles. The Hall–Kier alpha value is -3.31. The molecule has 0 saturated carbocycles. The molecule has 0 unspecified atom stereocenters. The van der Waals surface area contributed by atoms with Crippen LogP contribution in [-0.2, 0) is 24.9 Å². The van der Waals surface area contributed by atoms with Crippen molar-refractivity contribution in [3.05, 3.63) is 121 Å². The number of aliphatic hydroxyl groups excluding tert-OH is 1. The van der Waals surface area contributed by atoms with E-state index < -0.39 is 20.1 Å². The van der Waals surface area contributed by atoms with E-state index in [4.69, 9.17) is 9.10 Å². The molecule has 271 valence electrons. The number of aliphatic hydroxyl groups is 1. The number of aryl methyl sites for hydroxylation is 1. The molecule has 1 heterocycles. The van der Waals surface area contributed by atoms with Gasteiger partial charge in [-0.1, -0.05) is 47.6 Å². The van der Waals surface area contributed by atoms with Crippen molar-refractivity contribution in [3.63, 3.8) is 0 Å². The second-order valence-electron chi connectivity index (χ2n) is 14.9. The smallest absolute Gasteiger partial charge is 0 e. The van der Waals surface area contributed by atoms with Gasteiger partial charge in [0.1, 0.15) is 5.76 Å². The summed E-state index contributed by atoms with van der Waals surface area (Å²) < 4.78 is 25.6. The van der Waals surface area contributed by atoms with Crippen molar-refractivity contribution in [1.82, 2.24) is 4.98 Å². The molecule has 0 atom stereocenters. The Morgan fingerprint density at radius 1 is 0.804 bits per heavy atom. The number of ketones is 1. The summed E-state index contributed by atoms with van der Waals surface area (Å²) in [7, 11) is 0. The largest absolute Gasteiger partial charge is 0 e. The number of rotatable bonds is 11. The Bertz CT molecular complexity index is 2050. The number of benzene rings is 4. The third kappa shape index (κ3) is 9.98. The molecule has 5 aromatic rings. The molecular formula is C46H56GeIrNO2-. The third-order valence-corrected chi connectivity index (χ3v) is 15.0. The first-order valence-corrected chi connectivity index (χ1v) is 25.3. The van der Waals surface area contributed by atoms with E-state index in [0.29, 0.717) is 11.1 Å². The number of carbonyl (C=O) groups is 1. The van der Waals surface area contributed by atoms with Gasteiger partial charge in [-0.15, -0.1) is 0 Å². The molecule has 5 rings (SSSR count). The summed E-state index contributed by atoms with van der Waals surface area (Å²) in [5, 5.41) is 11.3. The van der Waals surface area contributed by atoms with E-state index in [1.165, 1.54) is 10.5 Å². The standard InChI is InChI=1S/C31H28GeN.C15H28O2.Ir/c1-22-15-16-25(19-27(22)23-11-7-5-8-12-23)31-21-28(24-13-9-6-10-14-24)29-20-26(32(2,3)4)17-18-30(29)33-31;1-7-14(5,8-2)12(16)11-13(17)15(6,9-3)10-4;/h5-15,17-21H,1-4H3;11,16H,7-10H2,1-6H3;/q-1;;/b;12-11-;/i1D3;;. The number of hydrogen-bond donors (Lipinski definition) is 1. The van der Waals surface area contributed by atoms with Crippen molar-refractivity contribution in [1.29, 1.82) is 0 Å². The van der Waals surface area contributed by atoms with Gasteiger partial charge in [0.05, 0.1) is 0 Å². The second kappa shape index (κ2) is 18.0. The topological polar surface area (TPSA) is 50.2 Å². The molecule has 0 amide bonds. The van der Waals surface area contributed by atoms with Gasteiger partial charge in [0.25, 0.3) is 0 Å². The molecule has 51 heavy (non-hydrogen) atoms. The van der Waals surface area contributed by atoms with Gasteiger partial charge in [-0.3, -0.25) is 4.79 Å². The summed E-state index contributed by atoms with van der Waals surface area (Å²) in [6, 6.07) is 35.6. The summed E-state index contributed by atoms with van der Waals surface area (Å²) in [6.07, 6.45) is 4.75. The molecule has 1 aromatic heterocycles. The Morgan fingerprint density at radius 3 is 1.86 bits per heavy atom. The van der Waals surface area contributed by atoms with Gasteiger partial charge in [-0.25, -0.2) is 0 Å². The number of hydrogen-bond acceptors (Lipinski definition) is 3. The summed E-state index contributed by atoms with van der Waals surface area (Å²) in [6.45, 7) is 9.85. The van der Waals surface area contributed by atoms with Crippen LogP contribution in [0.25, 0.3) is 44.4 Å². The van der Waals surface area contributed by atoms with Crippen molar-refractivity contribution in [2.75, 3.05) is 0 Å². The molecule has 0 fully saturated rings. The van der Waals surface area contributed by atoms with Crippen LogP contribution in [0.1, 0.15) is 76.9 Å². The average Bonchev–Trinajstić information content (AvgIpc) is 3.16. The predicted octanol–water partition coefficient (Wildman–Crippen LogP) is 12.5. The van der Waals surface area contributed by atoms with Crippen molar-refractivity contribution >= 4 is 34.3 Å². The predicted molar refractivity (Wildman–Crippen MR) is 218 cm³/mol. The van der Waals surface area contributed by atoms with E-state index in [2.05, 4.69) is 71.9 Å². The molecule has 1 radical (unpaired) electrons. The van der Waals surface area contributed by atoms with Crippen LogP contribution >= 0.6 is 0 Å². The Morgan fingerprint density at radius 2 is 1.35 bits per heavy atom. The monoisotopic (exact) mass is 924 g/mol. The molecule has 4 aromatic carbocycles. The normalized spacial score (nSPS) is 13.3. The maximum atomic E-state index is 12.2. The molecule has 3 nitrogen and oxygen atoms in total. The van der Waals surface area contributed by atoms with Crippen LogP contribution in [0, 0.1) is 23.7 Å². The zero-order valence-electron chi connectivity index (χ0n) is 34.8. The summed E-state index contributed by atoms with van der Waals surface area (Å²) in [4.78, 5) is 17.2. The third-order valence-electron chi connectivity index (χ3n) is 10.7. The summed E-state index contributed by atoms with van der Waals surface area (Å²) >= 11 is -2.04. The molecule has 0 spiro atoms. The fourth-order valence-corrected chi connectivity index (χ4v) is 8.30. The fraction of sp³-hybridized carbons (Fsp3) is 0.348. The zero-order valence-corrected chi connectivity index (χ0v) is 36.3. The number of allylic oxidation sites excluding steroid dienone is 2. The maximum Gasteiger partial charge on any atom is 0 e.